The Kier molecular flexibility index (Phi) is 4.42. The third-order valence-corrected chi connectivity index (χ3v) is 4.06. The summed E-state index contributed by atoms with van der Waals surface area (Å²) in [5.41, 5.74) is 0. The van der Waals surface area contributed by atoms with E-state index in [0.29, 0.717) is 0 Å². The first-order valence-electron chi connectivity index (χ1n) is 4.22. The summed E-state index contributed by atoms with van der Waals surface area (Å²) in [6.45, 7) is 1.58. The van der Waals surface area contributed by atoms with Crippen molar-refractivity contribution in [3.8, 4) is 5.75 Å². The van der Waals surface area contributed by atoms with Gasteiger partial charge < -0.3 is 3.79 Å². The van der Waals surface area contributed by atoms with Crippen LogP contribution in [0.25, 0.3) is 0 Å². The minimum Gasteiger partial charge on any atom is -0.627 e. The van der Waals surface area contributed by atoms with Crippen molar-refractivity contribution in [2.45, 2.75) is 12.2 Å². The molecule has 0 spiro atoms. The van der Waals surface area contributed by atoms with Gasteiger partial charge in [-0.2, -0.15) is 8.78 Å². The van der Waals surface area contributed by atoms with Crippen LogP contribution in [0.2, 0.25) is 5.28 Å². The molecule has 1 rings (SSSR count). The Bertz CT molecular complexity index is 385. The second-order valence-electron chi connectivity index (χ2n) is 2.84. The van der Waals surface area contributed by atoms with E-state index in [1.807, 2.05) is 0 Å². The number of hydrogen-bond acceptors (Lipinski definition) is 1. The smallest absolute Gasteiger partial charge is 0.627 e. The van der Waals surface area contributed by atoms with E-state index in [1.165, 1.54) is 0 Å². The van der Waals surface area contributed by atoms with E-state index in [4.69, 9.17) is 10.0 Å². The second-order valence-corrected chi connectivity index (χ2v) is 6.17. The van der Waals surface area contributed by atoms with Gasteiger partial charge in [-0.25, -0.2) is 23.2 Å². The largest absolute Gasteiger partial charge is 0.679 e. The molecule has 0 amide bonds. The molecule has 0 fully saturated rings. The van der Waals surface area contributed by atoms with Gasteiger partial charge in [0, 0.05) is 0 Å². The standard InChI is InChI=1S/C6HF5O.C2H5.Al.ClH/c7-1-2(8)4(10)6(12)5(11)3(1)9;1-2;;/h12H;1H2,2H3;;1H/q;;+2;/p-2. The highest BCUT2D eigenvalue weighted by Gasteiger charge is 2.30. The first kappa shape index (κ1) is 13.6. The van der Waals surface area contributed by atoms with Crippen molar-refractivity contribution < 1.29 is 25.7 Å². The molecule has 0 saturated heterocycles. The summed E-state index contributed by atoms with van der Waals surface area (Å²) in [6.07, 6.45) is 0. The van der Waals surface area contributed by atoms with Gasteiger partial charge in [0.1, 0.15) is 0 Å². The molecule has 0 radical (unpaired) electrons. The molecule has 0 aliphatic carbocycles. The predicted molar refractivity (Wildman–Crippen MR) is 48.9 cm³/mol. The molecule has 0 atom stereocenters. The normalized spacial score (nSPS) is 10.4. The number of halogens is 6. The number of benzene rings is 1. The van der Waals surface area contributed by atoms with Crippen LogP contribution in [0.4, 0.5) is 22.0 Å². The second kappa shape index (κ2) is 5.21. The Labute approximate surface area is 96.7 Å². The van der Waals surface area contributed by atoms with Gasteiger partial charge in [-0.05, 0) is 5.28 Å². The molecule has 0 bridgehead atoms. The summed E-state index contributed by atoms with van der Waals surface area (Å²) < 4.78 is 68.6. The topological polar surface area (TPSA) is 9.23 Å². The van der Waals surface area contributed by atoms with Crippen molar-refractivity contribution in [1.29, 1.82) is 0 Å². The summed E-state index contributed by atoms with van der Waals surface area (Å²) in [5, 5.41) is 0.279. The Hall–Kier alpha value is -0.508. The van der Waals surface area contributed by atoms with Crippen LogP contribution in [-0.2, 0) is 0 Å². The van der Waals surface area contributed by atoms with Crippen molar-refractivity contribution in [2.75, 3.05) is 0 Å². The quantitative estimate of drug-likeness (QED) is 0.355. The zero-order chi connectivity index (χ0) is 12.5. The van der Waals surface area contributed by atoms with Gasteiger partial charge in [0.15, 0.2) is 5.75 Å². The minimum absolute atomic E-state index is 0.279. The van der Waals surface area contributed by atoms with Crippen molar-refractivity contribution in [3.63, 3.8) is 0 Å². The molecule has 1 nitrogen and oxygen atoms in total. The average molecular weight is 275 g/mol. The molecule has 0 aromatic heterocycles. The maximum Gasteiger partial charge on any atom is 0.679 e. The maximum atomic E-state index is 13.0. The summed E-state index contributed by atoms with van der Waals surface area (Å²) in [6, 6.07) is 0. The van der Waals surface area contributed by atoms with Crippen molar-refractivity contribution in [2.24, 2.45) is 0 Å². The lowest BCUT2D eigenvalue weighted by molar-refractivity contribution is 0.350. The Balaban J connectivity index is 3.28. The SMILES string of the molecule is C[CH2][Al]([Cl])[O]c1c(F)c(F)c(F)c(F)c1F. The number of rotatable bonds is 3. The van der Waals surface area contributed by atoms with Crippen LogP contribution in [0.1, 0.15) is 6.92 Å². The van der Waals surface area contributed by atoms with Crippen LogP contribution < -0.4 is 3.79 Å². The van der Waals surface area contributed by atoms with Crippen LogP contribution in [0.15, 0.2) is 0 Å². The molecule has 0 heterocycles. The molecule has 8 heteroatoms. The van der Waals surface area contributed by atoms with Gasteiger partial charge in [0.05, 0.1) is 0 Å². The average Bonchev–Trinajstić information content (AvgIpc) is 2.29. The fourth-order valence-corrected chi connectivity index (χ4v) is 1.80. The molecule has 0 aliphatic rings. The fourth-order valence-electron chi connectivity index (χ4n) is 0.899. The van der Waals surface area contributed by atoms with Crippen LogP contribution in [0, 0.1) is 29.1 Å². The predicted octanol–water partition coefficient (Wildman–Crippen LogP) is 3.51. The van der Waals surface area contributed by atoms with E-state index >= 15 is 0 Å². The van der Waals surface area contributed by atoms with E-state index < -0.39 is 48.4 Å². The first-order valence-corrected chi connectivity index (χ1v) is 7.25. The molecule has 0 saturated carbocycles. The van der Waals surface area contributed by atoms with E-state index in [0.717, 1.165) is 0 Å². The molecule has 1 aromatic carbocycles. The van der Waals surface area contributed by atoms with E-state index in [-0.39, 0.29) is 5.28 Å². The van der Waals surface area contributed by atoms with Gasteiger partial charge in [0.2, 0.25) is 29.1 Å². The summed E-state index contributed by atoms with van der Waals surface area (Å²) in [4.78, 5) is 0. The van der Waals surface area contributed by atoms with Gasteiger partial charge in [-0.15, -0.1) is 0 Å². The zero-order valence-corrected chi connectivity index (χ0v) is 9.87. The monoisotopic (exact) mass is 274 g/mol. The lowest BCUT2D eigenvalue weighted by Gasteiger charge is -2.12. The molecule has 16 heavy (non-hydrogen) atoms. The molecule has 88 valence electrons. The highest BCUT2D eigenvalue weighted by Crippen LogP contribution is 2.30. The van der Waals surface area contributed by atoms with Crippen LogP contribution in [0.5, 0.6) is 5.75 Å². The van der Waals surface area contributed by atoms with E-state index in [1.54, 1.807) is 6.92 Å². The molecule has 0 aliphatic heterocycles. The lowest BCUT2D eigenvalue weighted by Crippen LogP contribution is -2.16. The third-order valence-electron chi connectivity index (χ3n) is 1.74. The zero-order valence-electron chi connectivity index (χ0n) is 7.96. The highest BCUT2D eigenvalue weighted by molar-refractivity contribution is 7.03. The summed E-state index contributed by atoms with van der Waals surface area (Å²) in [7, 11) is 5.53. The summed E-state index contributed by atoms with van der Waals surface area (Å²) in [5.74, 6) is -11.6. The van der Waals surface area contributed by atoms with Crippen molar-refractivity contribution >= 4 is 23.6 Å². The maximum absolute atomic E-state index is 13.0. The van der Waals surface area contributed by atoms with Crippen LogP contribution >= 0.6 is 10.0 Å². The summed E-state index contributed by atoms with van der Waals surface area (Å²) >= 11 is -2.48. The van der Waals surface area contributed by atoms with Crippen LogP contribution in [0.3, 0.4) is 0 Å². The Morgan fingerprint density at radius 3 is 1.69 bits per heavy atom. The fraction of sp³-hybridized carbons (Fsp3) is 0.250. The third kappa shape index (κ3) is 2.42. The lowest BCUT2D eigenvalue weighted by atomic mass is 10.3. The van der Waals surface area contributed by atoms with Crippen LogP contribution in [-0.4, -0.2) is 13.6 Å². The number of hydrogen-bond donors (Lipinski definition) is 0. The minimum atomic E-state index is -2.48. The molecular weight excluding hydrogens is 270 g/mol. The molecular formula is C8H5AlClF5O. The van der Waals surface area contributed by atoms with Gasteiger partial charge in [-0.3, -0.25) is 0 Å². The van der Waals surface area contributed by atoms with Crippen molar-refractivity contribution in [1.82, 2.24) is 0 Å². The molecule has 0 unspecified atom stereocenters. The van der Waals surface area contributed by atoms with Gasteiger partial charge >= 0.3 is 13.6 Å². The van der Waals surface area contributed by atoms with E-state index in [9.17, 15) is 22.0 Å². The van der Waals surface area contributed by atoms with Gasteiger partial charge in [0.25, 0.3) is 0 Å². The van der Waals surface area contributed by atoms with Crippen molar-refractivity contribution in [3.05, 3.63) is 29.1 Å². The first-order chi connectivity index (χ1) is 7.40. The highest BCUT2D eigenvalue weighted by atomic mass is 35.6. The molecule has 1 aromatic rings. The Morgan fingerprint density at radius 1 is 0.938 bits per heavy atom. The van der Waals surface area contributed by atoms with Gasteiger partial charge in [-0.1, -0.05) is 6.92 Å². The van der Waals surface area contributed by atoms with E-state index in [2.05, 4.69) is 3.79 Å². The molecule has 0 N–H and O–H groups in total. The Morgan fingerprint density at radius 2 is 1.31 bits per heavy atom.